The summed E-state index contributed by atoms with van der Waals surface area (Å²) in [7, 11) is 3.96. The van der Waals surface area contributed by atoms with Crippen molar-refractivity contribution >= 4 is 0 Å². The van der Waals surface area contributed by atoms with Gasteiger partial charge in [0, 0.05) is 24.3 Å². The monoisotopic (exact) mass is 233 g/mol. The minimum Gasteiger partial charge on any atom is -0.472 e. The SMILES string of the molecule is CNC(Cc1c(C)nn(C)c1C)c1ccoc1. The van der Waals surface area contributed by atoms with Crippen LogP contribution in [0.2, 0.25) is 0 Å². The first-order valence-electron chi connectivity index (χ1n) is 5.82. The zero-order valence-electron chi connectivity index (χ0n) is 10.8. The molecule has 0 radical (unpaired) electrons. The maximum absolute atomic E-state index is 5.14. The summed E-state index contributed by atoms with van der Waals surface area (Å²) in [5, 5.41) is 7.76. The molecule has 2 heterocycles. The number of likely N-dealkylation sites (N-methyl/N-ethyl adjacent to an activating group) is 1. The molecule has 2 aromatic heterocycles. The largest absolute Gasteiger partial charge is 0.472 e. The second-order valence-electron chi connectivity index (χ2n) is 4.38. The highest BCUT2D eigenvalue weighted by Crippen LogP contribution is 2.22. The quantitative estimate of drug-likeness (QED) is 0.879. The van der Waals surface area contributed by atoms with Crippen molar-refractivity contribution in [3.63, 3.8) is 0 Å². The van der Waals surface area contributed by atoms with Crippen molar-refractivity contribution in [2.45, 2.75) is 26.3 Å². The average molecular weight is 233 g/mol. The first-order chi connectivity index (χ1) is 8.13. The van der Waals surface area contributed by atoms with Crippen LogP contribution in [0.3, 0.4) is 0 Å². The summed E-state index contributed by atoms with van der Waals surface area (Å²) >= 11 is 0. The third kappa shape index (κ3) is 2.26. The molecule has 0 fully saturated rings. The Bertz CT molecular complexity index is 485. The standard InChI is InChI=1S/C13H19N3O/c1-9-12(10(2)16(4)15-9)7-13(14-3)11-5-6-17-8-11/h5-6,8,13-14H,7H2,1-4H3. The van der Waals surface area contributed by atoms with Crippen LogP contribution in [0.4, 0.5) is 0 Å². The van der Waals surface area contributed by atoms with E-state index in [2.05, 4.69) is 24.3 Å². The minimum atomic E-state index is 0.273. The van der Waals surface area contributed by atoms with Crippen LogP contribution < -0.4 is 5.32 Å². The highest BCUT2D eigenvalue weighted by molar-refractivity contribution is 5.27. The van der Waals surface area contributed by atoms with E-state index < -0.39 is 0 Å². The summed E-state index contributed by atoms with van der Waals surface area (Å²) in [6.45, 7) is 4.17. The summed E-state index contributed by atoms with van der Waals surface area (Å²) in [5.74, 6) is 0. The van der Waals surface area contributed by atoms with E-state index in [4.69, 9.17) is 4.42 Å². The molecular formula is C13H19N3O. The number of aryl methyl sites for hydroxylation is 2. The Hall–Kier alpha value is -1.55. The first kappa shape index (κ1) is 11.9. The lowest BCUT2D eigenvalue weighted by Crippen LogP contribution is -2.18. The maximum Gasteiger partial charge on any atom is 0.0950 e. The fraction of sp³-hybridized carbons (Fsp3) is 0.462. The highest BCUT2D eigenvalue weighted by atomic mass is 16.3. The number of rotatable bonds is 4. The Morgan fingerprint density at radius 3 is 2.71 bits per heavy atom. The van der Waals surface area contributed by atoms with Crippen LogP contribution in [-0.4, -0.2) is 16.8 Å². The van der Waals surface area contributed by atoms with Crippen LogP contribution >= 0.6 is 0 Å². The van der Waals surface area contributed by atoms with Gasteiger partial charge in [-0.1, -0.05) is 0 Å². The molecule has 1 N–H and O–H groups in total. The molecule has 4 heteroatoms. The predicted octanol–water partition coefficient (Wildman–Crippen LogP) is 2.13. The van der Waals surface area contributed by atoms with Gasteiger partial charge in [-0.3, -0.25) is 4.68 Å². The number of nitrogens with zero attached hydrogens (tertiary/aromatic N) is 2. The van der Waals surface area contributed by atoms with Gasteiger partial charge in [-0.25, -0.2) is 0 Å². The smallest absolute Gasteiger partial charge is 0.0950 e. The molecule has 0 aliphatic rings. The van der Waals surface area contributed by atoms with Crippen molar-refractivity contribution in [3.05, 3.63) is 41.1 Å². The fourth-order valence-electron chi connectivity index (χ4n) is 2.18. The minimum absolute atomic E-state index is 0.273. The lowest BCUT2D eigenvalue weighted by atomic mass is 10.00. The number of hydrogen-bond donors (Lipinski definition) is 1. The van der Waals surface area contributed by atoms with E-state index in [9.17, 15) is 0 Å². The fourth-order valence-corrected chi connectivity index (χ4v) is 2.18. The number of nitrogens with one attached hydrogen (secondary N) is 1. The van der Waals surface area contributed by atoms with Crippen LogP contribution in [0.1, 0.15) is 28.6 Å². The Kier molecular flexibility index (Phi) is 3.33. The van der Waals surface area contributed by atoms with Gasteiger partial charge in [0.15, 0.2) is 0 Å². The van der Waals surface area contributed by atoms with E-state index in [-0.39, 0.29) is 6.04 Å². The lowest BCUT2D eigenvalue weighted by molar-refractivity contribution is 0.541. The number of hydrogen-bond acceptors (Lipinski definition) is 3. The average Bonchev–Trinajstić information content (AvgIpc) is 2.89. The lowest BCUT2D eigenvalue weighted by Gasteiger charge is -2.14. The zero-order chi connectivity index (χ0) is 12.4. The van der Waals surface area contributed by atoms with Crippen LogP contribution in [0, 0.1) is 13.8 Å². The topological polar surface area (TPSA) is 43.0 Å². The van der Waals surface area contributed by atoms with Gasteiger partial charge in [-0.2, -0.15) is 5.10 Å². The van der Waals surface area contributed by atoms with E-state index >= 15 is 0 Å². The van der Waals surface area contributed by atoms with Gasteiger partial charge in [-0.15, -0.1) is 0 Å². The van der Waals surface area contributed by atoms with Gasteiger partial charge in [-0.05, 0) is 38.9 Å². The van der Waals surface area contributed by atoms with E-state index in [1.54, 1.807) is 12.5 Å². The van der Waals surface area contributed by atoms with Gasteiger partial charge < -0.3 is 9.73 Å². The Morgan fingerprint density at radius 1 is 1.47 bits per heavy atom. The van der Waals surface area contributed by atoms with Crippen molar-refractivity contribution in [2.24, 2.45) is 7.05 Å². The molecule has 0 bridgehead atoms. The van der Waals surface area contributed by atoms with Gasteiger partial charge in [0.1, 0.15) is 0 Å². The molecule has 0 saturated carbocycles. The molecule has 1 atom stereocenters. The highest BCUT2D eigenvalue weighted by Gasteiger charge is 2.16. The Labute approximate surface area is 102 Å². The molecular weight excluding hydrogens is 214 g/mol. The maximum atomic E-state index is 5.14. The second kappa shape index (κ2) is 4.75. The van der Waals surface area contributed by atoms with E-state index in [1.165, 1.54) is 16.8 Å². The van der Waals surface area contributed by atoms with Gasteiger partial charge >= 0.3 is 0 Å². The normalized spacial score (nSPS) is 12.9. The Balaban J connectivity index is 2.24. The van der Waals surface area contributed by atoms with Crippen molar-refractivity contribution in [1.82, 2.24) is 15.1 Å². The third-order valence-electron chi connectivity index (χ3n) is 3.36. The summed E-state index contributed by atoms with van der Waals surface area (Å²) in [6.07, 6.45) is 4.44. The van der Waals surface area contributed by atoms with Crippen LogP contribution in [0.25, 0.3) is 0 Å². The van der Waals surface area contributed by atoms with Crippen LogP contribution in [0.5, 0.6) is 0 Å². The van der Waals surface area contributed by atoms with Gasteiger partial charge in [0.05, 0.1) is 18.2 Å². The van der Waals surface area contributed by atoms with Crippen molar-refractivity contribution in [3.8, 4) is 0 Å². The third-order valence-corrected chi connectivity index (χ3v) is 3.36. The van der Waals surface area contributed by atoms with E-state index in [0.29, 0.717) is 0 Å². The number of furan rings is 1. The molecule has 0 aliphatic carbocycles. The molecule has 0 amide bonds. The summed E-state index contributed by atoms with van der Waals surface area (Å²) < 4.78 is 7.08. The predicted molar refractivity (Wildman–Crippen MR) is 66.9 cm³/mol. The second-order valence-corrected chi connectivity index (χ2v) is 4.38. The van der Waals surface area contributed by atoms with E-state index in [1.807, 2.05) is 24.8 Å². The molecule has 17 heavy (non-hydrogen) atoms. The van der Waals surface area contributed by atoms with Crippen molar-refractivity contribution in [1.29, 1.82) is 0 Å². The summed E-state index contributed by atoms with van der Waals surface area (Å²) in [4.78, 5) is 0. The van der Waals surface area contributed by atoms with Gasteiger partial charge in [0.2, 0.25) is 0 Å². The Morgan fingerprint density at radius 2 is 2.24 bits per heavy atom. The van der Waals surface area contributed by atoms with E-state index in [0.717, 1.165) is 12.1 Å². The zero-order valence-corrected chi connectivity index (χ0v) is 10.8. The van der Waals surface area contributed by atoms with Crippen LogP contribution in [0.15, 0.2) is 23.0 Å². The van der Waals surface area contributed by atoms with Crippen molar-refractivity contribution in [2.75, 3.05) is 7.05 Å². The van der Waals surface area contributed by atoms with Gasteiger partial charge in [0.25, 0.3) is 0 Å². The summed E-state index contributed by atoms with van der Waals surface area (Å²) in [5.41, 5.74) is 4.82. The molecule has 0 aliphatic heterocycles. The van der Waals surface area contributed by atoms with Crippen molar-refractivity contribution < 1.29 is 4.42 Å². The molecule has 92 valence electrons. The molecule has 4 nitrogen and oxygen atoms in total. The molecule has 0 aromatic carbocycles. The molecule has 2 aromatic rings. The molecule has 0 saturated heterocycles. The van der Waals surface area contributed by atoms with Crippen LogP contribution in [-0.2, 0) is 13.5 Å². The number of aromatic nitrogens is 2. The summed E-state index contributed by atoms with van der Waals surface area (Å²) in [6, 6.07) is 2.28. The molecule has 2 rings (SSSR count). The molecule has 1 unspecified atom stereocenters. The molecule has 0 spiro atoms. The first-order valence-corrected chi connectivity index (χ1v) is 5.82.